The number of hydrogen-bond donors (Lipinski definition) is 4. The summed E-state index contributed by atoms with van der Waals surface area (Å²) in [6.07, 6.45) is 4.82. The van der Waals surface area contributed by atoms with E-state index in [1.165, 1.54) is 12.0 Å². The summed E-state index contributed by atoms with van der Waals surface area (Å²) in [5.74, 6) is 0.173. The Balaban J connectivity index is 1.16. The summed E-state index contributed by atoms with van der Waals surface area (Å²) in [5.41, 5.74) is 4.85. The molecule has 328 valence electrons. The largest absolute Gasteiger partial charge is 0.453 e. The molecule has 0 aliphatic carbocycles. The lowest BCUT2D eigenvalue weighted by atomic mass is 10.0. The van der Waals surface area contributed by atoms with Gasteiger partial charge in [-0.05, 0) is 54.5 Å². The van der Waals surface area contributed by atoms with E-state index in [1.807, 2.05) is 80.5 Å². The summed E-state index contributed by atoms with van der Waals surface area (Å²) in [6, 6.07) is 12.7. The highest BCUT2D eigenvalue weighted by molar-refractivity contribution is 7.99. The molecule has 0 saturated carbocycles. The number of nitrogens with zero attached hydrogens (tertiary/aromatic N) is 4. The van der Waals surface area contributed by atoms with Crippen molar-refractivity contribution < 1.29 is 42.2 Å². The number of amides is 4. The number of imidazole rings is 2. The zero-order valence-corrected chi connectivity index (χ0v) is 36.3. The highest BCUT2D eigenvalue weighted by Crippen LogP contribution is 2.40. The minimum atomic E-state index is -3.12. The fourth-order valence-corrected chi connectivity index (χ4v) is 8.93. The Kier molecular flexibility index (Phi) is 14.9. The number of hydrogen-bond acceptors (Lipinski definition) is 10. The molecule has 4 N–H and O–H groups in total. The normalized spacial score (nSPS) is 19.9. The molecule has 15 nitrogen and oxygen atoms in total. The van der Waals surface area contributed by atoms with E-state index in [-0.39, 0.29) is 29.2 Å². The number of methoxy groups -OCH3 is 2. The Labute approximate surface area is 362 Å². The average Bonchev–Trinajstić information content (AvgIpc) is 4.09. The van der Waals surface area contributed by atoms with E-state index in [0.29, 0.717) is 41.9 Å². The summed E-state index contributed by atoms with van der Waals surface area (Å²) in [7, 11) is 2.39. The van der Waals surface area contributed by atoms with Crippen molar-refractivity contribution in [2.45, 2.75) is 88.5 Å². The molecule has 6 unspecified atom stereocenters. The van der Waals surface area contributed by atoms with Gasteiger partial charge in [-0.25, -0.2) is 19.6 Å². The molecule has 19 heteroatoms. The monoisotopic (exact) mass is 884 g/mol. The zero-order chi connectivity index (χ0) is 44.0. The fraction of sp³-hybridized carbons (Fsp3) is 0.476. The van der Waals surface area contributed by atoms with Crippen LogP contribution in [0.4, 0.5) is 18.4 Å². The molecule has 4 aromatic rings. The van der Waals surface area contributed by atoms with Crippen LogP contribution < -0.4 is 10.6 Å². The van der Waals surface area contributed by atoms with Gasteiger partial charge in [0.25, 0.3) is 0 Å². The third-order valence-corrected chi connectivity index (χ3v) is 12.5. The first-order valence-corrected chi connectivity index (χ1v) is 21.7. The van der Waals surface area contributed by atoms with Gasteiger partial charge in [0, 0.05) is 23.4 Å². The number of likely N-dealkylation sites (tertiary alicyclic amines) is 2. The number of aromatic nitrogens is 4. The number of alkyl halides is 2. The van der Waals surface area contributed by atoms with Crippen molar-refractivity contribution in [3.05, 3.63) is 71.5 Å². The van der Waals surface area contributed by atoms with E-state index in [2.05, 4.69) is 35.1 Å². The smallest absolute Gasteiger partial charge is 0.407 e. The van der Waals surface area contributed by atoms with Crippen LogP contribution in [0, 0.1) is 5.92 Å². The van der Waals surface area contributed by atoms with E-state index >= 15 is 0 Å². The van der Waals surface area contributed by atoms with Crippen molar-refractivity contribution in [1.82, 2.24) is 40.4 Å². The molecule has 2 fully saturated rings. The molecule has 2 aromatic heterocycles. The number of carbonyl (C=O) groups is 4. The van der Waals surface area contributed by atoms with Gasteiger partial charge in [-0.3, -0.25) is 9.59 Å². The topological polar surface area (TPSA) is 184 Å². The van der Waals surface area contributed by atoms with Crippen LogP contribution in [0.1, 0.15) is 70.2 Å². The van der Waals surface area contributed by atoms with Gasteiger partial charge in [-0.2, -0.15) is 20.5 Å². The molecule has 6 atom stereocenters. The van der Waals surface area contributed by atoms with Gasteiger partial charge in [0.1, 0.15) is 34.6 Å². The molecular weight excluding hydrogens is 834 g/mol. The molecular formula is C42H51ClF2N8O7S. The van der Waals surface area contributed by atoms with E-state index in [0.717, 1.165) is 47.9 Å². The molecule has 61 heavy (non-hydrogen) atoms. The lowest BCUT2D eigenvalue weighted by Gasteiger charge is -2.33. The van der Waals surface area contributed by atoms with Crippen molar-refractivity contribution in [2.24, 2.45) is 5.92 Å². The van der Waals surface area contributed by atoms with Crippen LogP contribution in [0.2, 0.25) is 5.15 Å². The van der Waals surface area contributed by atoms with Crippen molar-refractivity contribution in [2.75, 3.05) is 33.6 Å². The summed E-state index contributed by atoms with van der Waals surface area (Å²) < 4.78 is 39.6. The van der Waals surface area contributed by atoms with E-state index in [1.54, 1.807) is 18.0 Å². The number of alkyl carbamates (subject to hydrolysis) is 2. The molecule has 0 bridgehead atoms. The SMILES string of the molecule is CCC1CCC(c2nc(-c3ccc(-c4ccc(-c5cnc(C6CC(SC)CN6C(=O)C(COC(F)F)NC(=O)OC)[nH]5)cc4)cc3)c(Cl)[nH]2)N1C(=O)C(NC(=O)OC)C(C)C. The Bertz CT molecular complexity index is 2150. The van der Waals surface area contributed by atoms with E-state index < -0.39 is 49.4 Å². The molecule has 6 rings (SSSR count). The second-order valence-corrected chi connectivity index (χ2v) is 16.8. The third kappa shape index (κ3) is 10.3. The quantitative estimate of drug-likeness (QED) is 0.0929. The van der Waals surface area contributed by atoms with Crippen LogP contribution in [0.3, 0.4) is 0 Å². The van der Waals surface area contributed by atoms with E-state index in [9.17, 15) is 28.0 Å². The number of ether oxygens (including phenoxy) is 3. The van der Waals surface area contributed by atoms with Gasteiger partial charge in [-0.15, -0.1) is 0 Å². The van der Waals surface area contributed by atoms with Crippen molar-refractivity contribution in [3.8, 4) is 33.6 Å². The second-order valence-electron chi connectivity index (χ2n) is 15.3. The Morgan fingerprint density at radius 2 is 1.51 bits per heavy atom. The van der Waals surface area contributed by atoms with Crippen molar-refractivity contribution >= 4 is 47.4 Å². The van der Waals surface area contributed by atoms with Gasteiger partial charge in [0.2, 0.25) is 11.8 Å². The first-order valence-electron chi connectivity index (χ1n) is 20.0. The number of benzene rings is 2. The number of H-pyrrole nitrogens is 2. The number of halogens is 3. The highest BCUT2D eigenvalue weighted by atomic mass is 35.5. The number of nitrogens with one attached hydrogen (secondary N) is 4. The first kappa shape index (κ1) is 45.3. The highest BCUT2D eigenvalue weighted by Gasteiger charge is 2.43. The minimum absolute atomic E-state index is 0.0201. The Hall–Kier alpha value is -5.20. The maximum absolute atomic E-state index is 14.0. The lowest BCUT2D eigenvalue weighted by Crippen LogP contribution is -2.53. The van der Waals surface area contributed by atoms with Gasteiger partial charge in [0.05, 0.1) is 44.8 Å². The third-order valence-electron chi connectivity index (χ3n) is 11.3. The van der Waals surface area contributed by atoms with Gasteiger partial charge >= 0.3 is 18.8 Å². The number of rotatable bonds is 15. The predicted octanol–water partition coefficient (Wildman–Crippen LogP) is 7.58. The van der Waals surface area contributed by atoms with Crippen molar-refractivity contribution in [3.63, 3.8) is 0 Å². The average molecular weight is 885 g/mol. The van der Waals surface area contributed by atoms with Crippen LogP contribution >= 0.6 is 23.4 Å². The number of aromatic amines is 2. The first-order chi connectivity index (χ1) is 29.3. The molecule has 4 heterocycles. The van der Waals surface area contributed by atoms with Crippen LogP contribution in [0.5, 0.6) is 0 Å². The maximum Gasteiger partial charge on any atom is 0.407 e. The molecule has 0 radical (unpaired) electrons. The fourth-order valence-electron chi connectivity index (χ4n) is 8.00. The molecule has 2 aliphatic heterocycles. The van der Waals surface area contributed by atoms with Gasteiger partial charge in [0.15, 0.2) is 0 Å². The summed E-state index contributed by atoms with van der Waals surface area (Å²) in [5, 5.41) is 5.43. The van der Waals surface area contributed by atoms with Crippen LogP contribution in [-0.2, 0) is 23.8 Å². The van der Waals surface area contributed by atoms with Crippen LogP contribution in [-0.4, -0.2) is 117 Å². The molecule has 0 spiro atoms. The second kappa shape index (κ2) is 20.1. The van der Waals surface area contributed by atoms with E-state index in [4.69, 9.17) is 21.3 Å². The van der Waals surface area contributed by atoms with Crippen LogP contribution in [0.15, 0.2) is 54.7 Å². The Morgan fingerprint density at radius 3 is 2.10 bits per heavy atom. The molecule has 2 aromatic carbocycles. The van der Waals surface area contributed by atoms with Crippen molar-refractivity contribution in [1.29, 1.82) is 0 Å². The van der Waals surface area contributed by atoms with Crippen LogP contribution in [0.25, 0.3) is 33.6 Å². The number of carbonyl (C=O) groups excluding carboxylic acids is 4. The lowest BCUT2D eigenvalue weighted by molar-refractivity contribution is -0.150. The van der Waals surface area contributed by atoms with Gasteiger partial charge < -0.3 is 44.6 Å². The maximum atomic E-state index is 14.0. The summed E-state index contributed by atoms with van der Waals surface area (Å²) in [4.78, 5) is 71.1. The molecule has 2 aliphatic rings. The summed E-state index contributed by atoms with van der Waals surface area (Å²) in [6.45, 7) is 2.28. The number of thioether (sulfide) groups is 1. The molecule has 4 amide bonds. The standard InChI is InChI=1S/C42H51ClF2N8O7S/c1-7-27-16-17-31(53(27)39(55)33(22(2)3)50-42(57)59-5)37-49-34(35(43)51-37)26-14-10-24(11-15-26)23-8-12-25(13-9-23)29-19-46-36(47-29)32-18-28(61-6)20-52(32)38(54)30(21-60-40(44)45)48-41(56)58-4/h8-15,19,22,27-28,30-33,40H,7,16-18,20-21H2,1-6H3,(H,46,47)(H,48,56)(H,49,51)(H,50,57). The minimum Gasteiger partial charge on any atom is -0.453 e. The summed E-state index contributed by atoms with van der Waals surface area (Å²) >= 11 is 8.33. The molecule has 2 saturated heterocycles. The predicted molar refractivity (Wildman–Crippen MR) is 227 cm³/mol. The van der Waals surface area contributed by atoms with Gasteiger partial charge in [-0.1, -0.05) is 80.9 Å². The zero-order valence-electron chi connectivity index (χ0n) is 34.7. The Morgan fingerprint density at radius 1 is 0.885 bits per heavy atom.